The Morgan fingerprint density at radius 2 is 2.05 bits per heavy atom. The van der Waals surface area contributed by atoms with Gasteiger partial charge in [0.25, 0.3) is 0 Å². The Labute approximate surface area is 111 Å². The van der Waals surface area contributed by atoms with Crippen molar-refractivity contribution >= 4 is 33.7 Å². The van der Waals surface area contributed by atoms with Crippen LogP contribution in [0.3, 0.4) is 0 Å². The highest BCUT2D eigenvalue weighted by Gasteiger charge is 2.15. The summed E-state index contributed by atoms with van der Waals surface area (Å²) in [6.45, 7) is 3.05. The standard InChI is InChI=1S/C14H17N5/c1-3-8-19-12-9-6-4-5-7-10(9)17-13(15)11(12)18-14(19)16-2/h4-7H,3,8H2,1-2H3,(H2,15,17)(H,16,18). The third kappa shape index (κ3) is 1.69. The molecule has 0 aliphatic heterocycles. The molecule has 0 atom stereocenters. The molecule has 0 unspecified atom stereocenters. The van der Waals surface area contributed by atoms with Gasteiger partial charge in [0.05, 0.1) is 11.0 Å². The number of imidazole rings is 1. The van der Waals surface area contributed by atoms with Crippen LogP contribution in [0.2, 0.25) is 0 Å². The van der Waals surface area contributed by atoms with E-state index in [0.717, 1.165) is 40.9 Å². The molecular formula is C14H17N5. The maximum atomic E-state index is 6.04. The number of para-hydroxylation sites is 1. The second-order valence-electron chi connectivity index (χ2n) is 4.55. The van der Waals surface area contributed by atoms with Crippen molar-refractivity contribution in [3.05, 3.63) is 24.3 Å². The largest absolute Gasteiger partial charge is 0.382 e. The van der Waals surface area contributed by atoms with Gasteiger partial charge in [-0.25, -0.2) is 9.97 Å². The molecule has 0 amide bonds. The van der Waals surface area contributed by atoms with Crippen molar-refractivity contribution in [1.82, 2.24) is 14.5 Å². The maximum absolute atomic E-state index is 6.04. The van der Waals surface area contributed by atoms with E-state index in [-0.39, 0.29) is 0 Å². The number of fused-ring (bicyclic) bond motifs is 3. The summed E-state index contributed by atoms with van der Waals surface area (Å²) in [5.74, 6) is 1.32. The number of anilines is 2. The summed E-state index contributed by atoms with van der Waals surface area (Å²) in [5, 5.41) is 4.22. The topological polar surface area (TPSA) is 68.8 Å². The number of aryl methyl sites for hydroxylation is 1. The van der Waals surface area contributed by atoms with Gasteiger partial charge in [0.15, 0.2) is 5.82 Å². The molecule has 0 radical (unpaired) electrons. The van der Waals surface area contributed by atoms with E-state index in [9.17, 15) is 0 Å². The summed E-state index contributed by atoms with van der Waals surface area (Å²) in [4.78, 5) is 8.99. The van der Waals surface area contributed by atoms with Crippen molar-refractivity contribution in [2.45, 2.75) is 19.9 Å². The highest BCUT2D eigenvalue weighted by Crippen LogP contribution is 2.30. The van der Waals surface area contributed by atoms with E-state index in [1.807, 2.05) is 25.2 Å². The molecule has 0 bridgehead atoms. The van der Waals surface area contributed by atoms with Crippen LogP contribution in [-0.2, 0) is 6.54 Å². The Morgan fingerprint density at radius 3 is 2.79 bits per heavy atom. The summed E-state index contributed by atoms with van der Waals surface area (Å²) in [7, 11) is 1.87. The first kappa shape index (κ1) is 11.8. The monoisotopic (exact) mass is 255 g/mol. The van der Waals surface area contributed by atoms with Crippen molar-refractivity contribution in [3.8, 4) is 0 Å². The lowest BCUT2D eigenvalue weighted by Crippen LogP contribution is -2.03. The van der Waals surface area contributed by atoms with E-state index in [2.05, 4.69) is 32.8 Å². The first-order chi connectivity index (χ1) is 9.26. The van der Waals surface area contributed by atoms with Gasteiger partial charge < -0.3 is 15.6 Å². The predicted molar refractivity (Wildman–Crippen MR) is 79.3 cm³/mol. The molecule has 0 aliphatic rings. The van der Waals surface area contributed by atoms with Crippen molar-refractivity contribution in [1.29, 1.82) is 0 Å². The Balaban J connectivity index is 2.49. The van der Waals surface area contributed by atoms with Crippen molar-refractivity contribution in [2.75, 3.05) is 18.1 Å². The van der Waals surface area contributed by atoms with E-state index in [1.54, 1.807) is 0 Å². The van der Waals surface area contributed by atoms with Gasteiger partial charge in [0.1, 0.15) is 5.52 Å². The second-order valence-corrected chi connectivity index (χ2v) is 4.55. The zero-order valence-corrected chi connectivity index (χ0v) is 11.1. The number of hydrogen-bond donors (Lipinski definition) is 2. The Kier molecular flexibility index (Phi) is 2.74. The van der Waals surface area contributed by atoms with Gasteiger partial charge in [-0.1, -0.05) is 25.1 Å². The zero-order valence-electron chi connectivity index (χ0n) is 11.1. The SMILES string of the molecule is CCCn1c(NC)nc2c(N)nc3ccccc3c21. The fourth-order valence-electron chi connectivity index (χ4n) is 2.49. The third-order valence-electron chi connectivity index (χ3n) is 3.28. The van der Waals surface area contributed by atoms with Gasteiger partial charge >= 0.3 is 0 Å². The van der Waals surface area contributed by atoms with Gasteiger partial charge in [-0.15, -0.1) is 0 Å². The first-order valence-electron chi connectivity index (χ1n) is 6.48. The molecule has 0 fully saturated rings. The van der Waals surface area contributed by atoms with Crippen LogP contribution in [0, 0.1) is 0 Å². The molecule has 3 aromatic rings. The average Bonchev–Trinajstić information content (AvgIpc) is 2.79. The average molecular weight is 255 g/mol. The minimum Gasteiger partial charge on any atom is -0.382 e. The number of pyridine rings is 1. The quantitative estimate of drug-likeness (QED) is 0.755. The minimum atomic E-state index is 0.486. The van der Waals surface area contributed by atoms with Gasteiger partial charge in [-0.2, -0.15) is 0 Å². The number of benzene rings is 1. The molecule has 2 heterocycles. The zero-order chi connectivity index (χ0) is 13.4. The predicted octanol–water partition coefficient (Wildman–Crippen LogP) is 2.62. The number of aromatic nitrogens is 3. The number of nitrogen functional groups attached to an aromatic ring is 1. The van der Waals surface area contributed by atoms with Crippen LogP contribution in [0.1, 0.15) is 13.3 Å². The Bertz CT molecular complexity index is 744. The molecule has 3 N–H and O–H groups in total. The lowest BCUT2D eigenvalue weighted by molar-refractivity contribution is 0.705. The number of nitrogens with one attached hydrogen (secondary N) is 1. The highest BCUT2D eigenvalue weighted by molar-refractivity contribution is 6.07. The molecule has 0 saturated heterocycles. The molecule has 1 aromatic carbocycles. The number of nitrogens with zero attached hydrogens (tertiary/aromatic N) is 3. The van der Waals surface area contributed by atoms with Crippen LogP contribution < -0.4 is 11.1 Å². The lowest BCUT2D eigenvalue weighted by Gasteiger charge is -2.08. The lowest BCUT2D eigenvalue weighted by atomic mass is 10.2. The number of nitrogens with two attached hydrogens (primary N) is 1. The number of rotatable bonds is 3. The van der Waals surface area contributed by atoms with Crippen molar-refractivity contribution in [2.24, 2.45) is 0 Å². The molecule has 5 heteroatoms. The second kappa shape index (κ2) is 4.42. The van der Waals surface area contributed by atoms with Crippen LogP contribution in [0.25, 0.3) is 21.9 Å². The summed E-state index contributed by atoms with van der Waals surface area (Å²) in [5.41, 5.74) is 8.79. The minimum absolute atomic E-state index is 0.486. The van der Waals surface area contributed by atoms with E-state index in [4.69, 9.17) is 5.73 Å². The van der Waals surface area contributed by atoms with Crippen LogP contribution in [-0.4, -0.2) is 21.6 Å². The molecule has 98 valence electrons. The van der Waals surface area contributed by atoms with E-state index in [1.165, 1.54) is 0 Å². The van der Waals surface area contributed by atoms with Crippen molar-refractivity contribution < 1.29 is 0 Å². The van der Waals surface area contributed by atoms with Crippen molar-refractivity contribution in [3.63, 3.8) is 0 Å². The van der Waals surface area contributed by atoms with E-state index >= 15 is 0 Å². The molecule has 19 heavy (non-hydrogen) atoms. The summed E-state index contributed by atoms with van der Waals surface area (Å²) >= 11 is 0. The van der Waals surface area contributed by atoms with E-state index < -0.39 is 0 Å². The van der Waals surface area contributed by atoms with Crippen LogP contribution in [0.4, 0.5) is 11.8 Å². The van der Waals surface area contributed by atoms with Gasteiger partial charge in [0.2, 0.25) is 5.95 Å². The van der Waals surface area contributed by atoms with Gasteiger partial charge in [-0.3, -0.25) is 0 Å². The number of hydrogen-bond acceptors (Lipinski definition) is 4. The summed E-state index contributed by atoms with van der Waals surface area (Å²) < 4.78 is 2.18. The molecule has 3 rings (SSSR count). The van der Waals surface area contributed by atoms with Gasteiger partial charge in [-0.05, 0) is 12.5 Å². The molecular weight excluding hydrogens is 238 g/mol. The summed E-state index contributed by atoms with van der Waals surface area (Å²) in [6, 6.07) is 8.03. The maximum Gasteiger partial charge on any atom is 0.203 e. The van der Waals surface area contributed by atoms with Crippen LogP contribution >= 0.6 is 0 Å². The fourth-order valence-corrected chi connectivity index (χ4v) is 2.49. The molecule has 0 aliphatic carbocycles. The van der Waals surface area contributed by atoms with E-state index in [0.29, 0.717) is 5.82 Å². The van der Waals surface area contributed by atoms with Crippen LogP contribution in [0.15, 0.2) is 24.3 Å². The first-order valence-corrected chi connectivity index (χ1v) is 6.48. The molecule has 0 saturated carbocycles. The van der Waals surface area contributed by atoms with Gasteiger partial charge in [0, 0.05) is 19.0 Å². The third-order valence-corrected chi connectivity index (χ3v) is 3.28. The normalized spacial score (nSPS) is 11.3. The fraction of sp³-hybridized carbons (Fsp3) is 0.286. The molecule has 5 nitrogen and oxygen atoms in total. The molecule has 0 spiro atoms. The highest BCUT2D eigenvalue weighted by atomic mass is 15.2. The Hall–Kier alpha value is -2.30. The van der Waals surface area contributed by atoms with Crippen LogP contribution in [0.5, 0.6) is 0 Å². The summed E-state index contributed by atoms with van der Waals surface area (Å²) in [6.07, 6.45) is 1.04. The molecule has 2 aromatic heterocycles. The smallest absolute Gasteiger partial charge is 0.203 e. The Morgan fingerprint density at radius 1 is 1.26 bits per heavy atom.